The molecule has 0 heterocycles. The maximum atomic E-state index is 12.0. The smallest absolute Gasteiger partial charge is 0.309 e. The molecular formula is C23H38O4. The van der Waals surface area contributed by atoms with E-state index in [-0.39, 0.29) is 29.0 Å². The van der Waals surface area contributed by atoms with E-state index >= 15 is 0 Å². The number of ketones is 1. The van der Waals surface area contributed by atoms with Crippen LogP contribution in [0.25, 0.3) is 0 Å². The summed E-state index contributed by atoms with van der Waals surface area (Å²) >= 11 is 0. The van der Waals surface area contributed by atoms with E-state index in [1.54, 1.807) is 0 Å². The van der Waals surface area contributed by atoms with Crippen LogP contribution in [0.2, 0.25) is 0 Å². The normalized spacial score (nSPS) is 19.6. The van der Waals surface area contributed by atoms with Crippen molar-refractivity contribution < 1.29 is 19.4 Å². The van der Waals surface area contributed by atoms with Crippen LogP contribution in [-0.4, -0.2) is 24.0 Å². The molecule has 1 saturated carbocycles. The Bertz CT molecular complexity index is 530. The van der Waals surface area contributed by atoms with Crippen molar-refractivity contribution in [3.63, 3.8) is 0 Å². The molecule has 0 bridgehead atoms. The molecule has 0 aromatic rings. The third-order valence-electron chi connectivity index (χ3n) is 5.58. The highest BCUT2D eigenvalue weighted by Crippen LogP contribution is 2.32. The summed E-state index contributed by atoms with van der Waals surface area (Å²) in [6.07, 6.45) is 14.4. The van der Waals surface area contributed by atoms with Crippen molar-refractivity contribution in [2.75, 3.05) is 7.11 Å². The highest BCUT2D eigenvalue weighted by Gasteiger charge is 2.36. The van der Waals surface area contributed by atoms with E-state index < -0.39 is 0 Å². The molecule has 1 fully saturated rings. The minimum Gasteiger partial charge on any atom is -0.512 e. The Kier molecular flexibility index (Phi) is 10.4. The molecule has 1 N–H and O–H groups in total. The van der Waals surface area contributed by atoms with Gasteiger partial charge in [0.15, 0.2) is 0 Å². The van der Waals surface area contributed by atoms with Gasteiger partial charge in [-0.2, -0.15) is 0 Å². The molecule has 0 radical (unpaired) electrons. The van der Waals surface area contributed by atoms with Gasteiger partial charge in [-0.3, -0.25) is 9.59 Å². The molecule has 1 aliphatic carbocycles. The van der Waals surface area contributed by atoms with Crippen LogP contribution in [0, 0.1) is 17.3 Å². The van der Waals surface area contributed by atoms with Crippen molar-refractivity contribution in [2.24, 2.45) is 17.3 Å². The van der Waals surface area contributed by atoms with E-state index in [0.29, 0.717) is 31.4 Å². The lowest BCUT2D eigenvalue weighted by Crippen LogP contribution is -2.27. The zero-order valence-corrected chi connectivity index (χ0v) is 17.6. The molecule has 0 aromatic carbocycles. The summed E-state index contributed by atoms with van der Waals surface area (Å²) < 4.78 is 4.90. The van der Waals surface area contributed by atoms with Gasteiger partial charge >= 0.3 is 5.97 Å². The first-order valence-electron chi connectivity index (χ1n) is 10.4. The molecule has 4 heteroatoms. The van der Waals surface area contributed by atoms with Crippen molar-refractivity contribution in [3.05, 3.63) is 24.0 Å². The van der Waals surface area contributed by atoms with E-state index in [1.165, 1.54) is 20.0 Å². The van der Waals surface area contributed by atoms with E-state index in [9.17, 15) is 14.7 Å². The summed E-state index contributed by atoms with van der Waals surface area (Å²) in [6.45, 7) is 6.67. The fraction of sp³-hybridized carbons (Fsp3) is 0.739. The van der Waals surface area contributed by atoms with Crippen LogP contribution >= 0.6 is 0 Å². The minimum atomic E-state index is -0.335. The molecule has 2 atom stereocenters. The fourth-order valence-corrected chi connectivity index (χ4v) is 3.74. The lowest BCUT2D eigenvalue weighted by molar-refractivity contribution is -0.149. The molecule has 4 nitrogen and oxygen atoms in total. The average Bonchev–Trinajstić information content (AvgIpc) is 3.06. The Balaban J connectivity index is 2.42. The van der Waals surface area contributed by atoms with Gasteiger partial charge < -0.3 is 9.84 Å². The van der Waals surface area contributed by atoms with Gasteiger partial charge in [-0.25, -0.2) is 0 Å². The number of aliphatic hydroxyl groups is 1. The van der Waals surface area contributed by atoms with Crippen molar-refractivity contribution in [1.82, 2.24) is 0 Å². The first-order valence-corrected chi connectivity index (χ1v) is 10.4. The van der Waals surface area contributed by atoms with Crippen molar-refractivity contribution in [2.45, 2.75) is 85.0 Å². The number of rotatable bonds is 12. The summed E-state index contributed by atoms with van der Waals surface area (Å²) in [4.78, 5) is 24.0. The molecule has 1 aliphatic rings. The van der Waals surface area contributed by atoms with Crippen molar-refractivity contribution in [3.8, 4) is 0 Å². The molecule has 0 saturated heterocycles. The van der Waals surface area contributed by atoms with E-state index in [2.05, 4.69) is 20.8 Å². The molecule has 0 unspecified atom stereocenters. The minimum absolute atomic E-state index is 0.176. The number of methoxy groups -OCH3 is 1. The highest BCUT2D eigenvalue weighted by atomic mass is 16.5. The Morgan fingerprint density at radius 3 is 2.70 bits per heavy atom. The van der Waals surface area contributed by atoms with Gasteiger partial charge in [-0.15, -0.1) is 0 Å². The second kappa shape index (κ2) is 12.0. The number of ether oxygens (including phenoxy) is 1. The molecule has 154 valence electrons. The molecular weight excluding hydrogens is 340 g/mol. The molecule has 0 aliphatic heterocycles. The van der Waals surface area contributed by atoms with Crippen molar-refractivity contribution in [1.29, 1.82) is 0 Å². The summed E-state index contributed by atoms with van der Waals surface area (Å²) in [5.74, 6) is -0.199. The van der Waals surface area contributed by atoms with Crippen LogP contribution in [0.4, 0.5) is 0 Å². The van der Waals surface area contributed by atoms with Crippen LogP contribution in [0.1, 0.15) is 85.0 Å². The van der Waals surface area contributed by atoms with Gasteiger partial charge in [0.05, 0.1) is 18.8 Å². The summed E-state index contributed by atoms with van der Waals surface area (Å²) in [5.41, 5.74) is 0.218. The first kappa shape index (κ1) is 23.5. The third kappa shape index (κ3) is 8.77. The van der Waals surface area contributed by atoms with Crippen molar-refractivity contribution >= 4 is 11.8 Å². The van der Waals surface area contributed by atoms with Crippen LogP contribution in [0.3, 0.4) is 0 Å². The summed E-state index contributed by atoms with van der Waals surface area (Å²) in [6, 6.07) is 0. The summed E-state index contributed by atoms with van der Waals surface area (Å²) in [7, 11) is 1.38. The maximum absolute atomic E-state index is 12.0. The van der Waals surface area contributed by atoms with E-state index in [4.69, 9.17) is 4.74 Å². The molecule has 1 rings (SSSR count). The Labute approximate surface area is 165 Å². The van der Waals surface area contributed by atoms with Gasteiger partial charge in [-0.1, -0.05) is 45.8 Å². The quantitative estimate of drug-likeness (QED) is 0.260. The number of allylic oxidation sites excluding steroid dienone is 3. The van der Waals surface area contributed by atoms with E-state index in [0.717, 1.165) is 25.7 Å². The van der Waals surface area contributed by atoms with Gasteiger partial charge in [0.2, 0.25) is 0 Å². The largest absolute Gasteiger partial charge is 0.512 e. The third-order valence-corrected chi connectivity index (χ3v) is 5.58. The average molecular weight is 379 g/mol. The number of carbonyl (C=O) groups is 2. The molecule has 0 aromatic heterocycles. The number of unbranched alkanes of at least 4 members (excludes halogenated alkanes) is 1. The number of hydrogen-bond acceptors (Lipinski definition) is 4. The standard InChI is InChI=1S/C23H38O4/c1-5-6-16-23(2,3)17-15-18(24)11-8-7-9-12-20(22(26)27-4)19-13-10-14-21(19)25/h7-8,15,19-20,24H,5-6,9-14,16-17H2,1-4H3/b8-7-,18-15+/t19-,20+/m1/s1. The zero-order chi connectivity index (χ0) is 20.3. The number of carbonyl (C=O) groups excluding carboxylic acids is 2. The van der Waals surface area contributed by atoms with Gasteiger partial charge in [0, 0.05) is 18.8 Å². The van der Waals surface area contributed by atoms with E-state index in [1.807, 2.05) is 18.2 Å². The lowest BCUT2D eigenvalue weighted by atomic mass is 9.83. The topological polar surface area (TPSA) is 63.6 Å². The molecule has 0 spiro atoms. The van der Waals surface area contributed by atoms with Gasteiger partial charge in [0.1, 0.15) is 5.78 Å². The Hall–Kier alpha value is -1.58. The van der Waals surface area contributed by atoms with Gasteiger partial charge in [0.25, 0.3) is 0 Å². The number of esters is 1. The lowest BCUT2D eigenvalue weighted by Gasteiger charge is -2.22. The Morgan fingerprint density at radius 1 is 1.37 bits per heavy atom. The SMILES string of the molecule is CCCCC(C)(C)C/C=C(/O)C/C=C\CC[C@H](C(=O)OC)[C@H]1CCCC1=O. The highest BCUT2D eigenvalue weighted by molar-refractivity contribution is 5.88. The number of Topliss-reactive ketones (excluding diaryl/α,β-unsaturated/α-hetero) is 1. The zero-order valence-electron chi connectivity index (χ0n) is 17.6. The molecule has 27 heavy (non-hydrogen) atoms. The van der Waals surface area contributed by atoms with Crippen LogP contribution in [-0.2, 0) is 14.3 Å². The second-order valence-electron chi connectivity index (χ2n) is 8.51. The first-order chi connectivity index (χ1) is 12.8. The maximum Gasteiger partial charge on any atom is 0.309 e. The van der Waals surface area contributed by atoms with Crippen LogP contribution in [0.15, 0.2) is 24.0 Å². The number of hydrogen-bond donors (Lipinski definition) is 1. The van der Waals surface area contributed by atoms with Crippen LogP contribution < -0.4 is 0 Å². The second-order valence-corrected chi connectivity index (χ2v) is 8.51. The van der Waals surface area contributed by atoms with Crippen LogP contribution in [0.5, 0.6) is 0 Å². The number of aliphatic hydroxyl groups excluding tert-OH is 1. The predicted octanol–water partition coefficient (Wildman–Crippen LogP) is 5.92. The predicted molar refractivity (Wildman–Crippen MR) is 109 cm³/mol. The van der Waals surface area contributed by atoms with Gasteiger partial charge in [-0.05, 0) is 50.0 Å². The monoisotopic (exact) mass is 378 g/mol. The fourth-order valence-electron chi connectivity index (χ4n) is 3.74. The Morgan fingerprint density at radius 2 is 2.11 bits per heavy atom. The summed E-state index contributed by atoms with van der Waals surface area (Å²) in [5, 5.41) is 10.1. The molecule has 0 amide bonds.